The number of amides is 1. The zero-order chi connectivity index (χ0) is 18.5. The second-order valence-corrected chi connectivity index (χ2v) is 7.12. The summed E-state index contributed by atoms with van der Waals surface area (Å²) in [6, 6.07) is 3.56. The molecule has 140 valence electrons. The average Bonchev–Trinajstić information content (AvgIpc) is 3.33. The van der Waals surface area contributed by atoms with E-state index < -0.39 is 0 Å². The molecule has 9 heteroatoms. The van der Waals surface area contributed by atoms with Crippen molar-refractivity contribution in [3.8, 4) is 17.3 Å². The maximum Gasteiger partial charge on any atom is 0.240 e. The van der Waals surface area contributed by atoms with E-state index in [1.807, 2.05) is 19.2 Å². The number of aryl methyl sites for hydroxylation is 1. The number of ether oxygens (including phenoxy) is 1. The van der Waals surface area contributed by atoms with Gasteiger partial charge in [-0.25, -0.2) is 9.67 Å². The number of benzene rings is 1. The van der Waals surface area contributed by atoms with E-state index in [1.54, 1.807) is 4.68 Å². The summed E-state index contributed by atoms with van der Waals surface area (Å²) in [5.74, 6) is 1.49. The summed E-state index contributed by atoms with van der Waals surface area (Å²) in [4.78, 5) is 19.6. The maximum atomic E-state index is 11.8. The summed E-state index contributed by atoms with van der Waals surface area (Å²) in [5.41, 5.74) is 9.11. The summed E-state index contributed by atoms with van der Waals surface area (Å²) in [5, 5.41) is 11.9. The first-order valence-electron chi connectivity index (χ1n) is 9.08. The molecule has 1 atom stereocenters. The lowest BCUT2D eigenvalue weighted by Gasteiger charge is -2.17. The summed E-state index contributed by atoms with van der Waals surface area (Å²) in [7, 11) is 1.86. The number of carbonyl (C=O) groups excluding carboxylic acids is 1. The molecule has 0 bridgehead atoms. The van der Waals surface area contributed by atoms with Crippen molar-refractivity contribution in [3.05, 3.63) is 18.5 Å². The maximum absolute atomic E-state index is 11.8. The van der Waals surface area contributed by atoms with Crippen LogP contribution in [0.1, 0.15) is 12.8 Å². The molecule has 0 radical (unpaired) electrons. The van der Waals surface area contributed by atoms with E-state index in [4.69, 9.17) is 10.5 Å². The largest absolute Gasteiger partial charge is 0.491 e. The molecule has 1 aliphatic heterocycles. The lowest BCUT2D eigenvalue weighted by molar-refractivity contribution is -0.119. The Bertz CT molecular complexity index is 1030. The molecule has 0 unspecified atom stereocenters. The monoisotopic (exact) mass is 367 g/mol. The Hall–Kier alpha value is -3.23. The molecule has 3 aromatic rings. The van der Waals surface area contributed by atoms with Gasteiger partial charge in [0.05, 0.1) is 16.6 Å². The number of H-pyrrole nitrogens is 1. The van der Waals surface area contributed by atoms with E-state index in [9.17, 15) is 4.79 Å². The van der Waals surface area contributed by atoms with Crippen LogP contribution in [0.5, 0.6) is 5.75 Å². The molecule has 27 heavy (non-hydrogen) atoms. The smallest absolute Gasteiger partial charge is 0.240 e. The molecular weight excluding hydrogens is 346 g/mol. The predicted octanol–water partition coefficient (Wildman–Crippen LogP) is 1.44. The third-order valence-corrected chi connectivity index (χ3v) is 5.18. The molecule has 1 aromatic carbocycles. The van der Waals surface area contributed by atoms with Crippen LogP contribution in [0.2, 0.25) is 0 Å². The second-order valence-electron chi connectivity index (χ2n) is 7.12. The van der Waals surface area contributed by atoms with Gasteiger partial charge in [0.2, 0.25) is 5.91 Å². The number of nitrogens with one attached hydrogen (secondary N) is 3. The molecule has 9 nitrogen and oxygen atoms in total. The number of rotatable bonds is 5. The van der Waals surface area contributed by atoms with E-state index in [0.717, 1.165) is 52.4 Å². The highest BCUT2D eigenvalue weighted by Gasteiger charge is 2.35. The van der Waals surface area contributed by atoms with E-state index >= 15 is 0 Å². The van der Waals surface area contributed by atoms with Crippen LogP contribution < -0.4 is 21.1 Å². The highest BCUT2D eigenvalue weighted by atomic mass is 16.5. The van der Waals surface area contributed by atoms with Crippen molar-refractivity contribution in [1.82, 2.24) is 19.7 Å². The summed E-state index contributed by atoms with van der Waals surface area (Å²) in [6.45, 7) is 1.23. The number of primary amides is 1. The Labute approximate surface area is 155 Å². The van der Waals surface area contributed by atoms with Crippen molar-refractivity contribution in [1.29, 1.82) is 0 Å². The number of hydrogen-bond acceptors (Lipinski definition) is 6. The second kappa shape index (κ2) is 5.90. The molecule has 5 N–H and O–H groups in total. The van der Waals surface area contributed by atoms with Gasteiger partial charge in [0.25, 0.3) is 0 Å². The van der Waals surface area contributed by atoms with Crippen LogP contribution in [-0.2, 0) is 11.8 Å². The molecule has 3 heterocycles. The first-order chi connectivity index (χ1) is 13.1. The fraction of sp³-hybridized carbons (Fsp3) is 0.389. The van der Waals surface area contributed by atoms with Gasteiger partial charge in [-0.3, -0.25) is 4.79 Å². The Kier molecular flexibility index (Phi) is 3.49. The van der Waals surface area contributed by atoms with E-state index in [-0.39, 0.29) is 11.9 Å². The van der Waals surface area contributed by atoms with E-state index in [1.165, 1.54) is 6.33 Å². The van der Waals surface area contributed by atoms with Gasteiger partial charge >= 0.3 is 0 Å². The lowest BCUT2D eigenvalue weighted by atomic mass is 10.1. The minimum Gasteiger partial charge on any atom is -0.491 e. The molecule has 1 saturated carbocycles. The van der Waals surface area contributed by atoms with Gasteiger partial charge in [0.1, 0.15) is 30.4 Å². The zero-order valence-electron chi connectivity index (χ0n) is 15.0. The van der Waals surface area contributed by atoms with Crippen molar-refractivity contribution < 1.29 is 9.53 Å². The molecule has 2 aliphatic rings. The molecule has 0 saturated heterocycles. The highest BCUT2D eigenvalue weighted by Crippen LogP contribution is 2.43. The SMILES string of the molecule is Cn1ncnc1-c1[nH]c2cc(N[C@H](C(N)=O)C3CC3)cc3c2c1NCCO3. The van der Waals surface area contributed by atoms with Crippen LogP contribution in [-0.4, -0.2) is 44.8 Å². The topological polar surface area (TPSA) is 123 Å². The number of anilines is 2. The lowest BCUT2D eigenvalue weighted by Crippen LogP contribution is -2.37. The van der Waals surface area contributed by atoms with Crippen molar-refractivity contribution in [2.45, 2.75) is 18.9 Å². The minimum atomic E-state index is -0.355. The summed E-state index contributed by atoms with van der Waals surface area (Å²) in [6.07, 6.45) is 3.58. The highest BCUT2D eigenvalue weighted by molar-refractivity contribution is 6.06. The predicted molar refractivity (Wildman–Crippen MR) is 102 cm³/mol. The molecule has 1 amide bonds. The van der Waals surface area contributed by atoms with Gasteiger partial charge in [-0.1, -0.05) is 0 Å². The van der Waals surface area contributed by atoms with Gasteiger partial charge in [0, 0.05) is 25.3 Å². The molecule has 2 aromatic heterocycles. The van der Waals surface area contributed by atoms with Gasteiger partial charge in [-0.15, -0.1) is 0 Å². The number of nitrogens with zero attached hydrogens (tertiary/aromatic N) is 3. The van der Waals surface area contributed by atoms with Crippen LogP contribution >= 0.6 is 0 Å². The van der Waals surface area contributed by atoms with Crippen LogP contribution in [0.3, 0.4) is 0 Å². The van der Waals surface area contributed by atoms with Crippen LogP contribution in [0, 0.1) is 5.92 Å². The number of aromatic nitrogens is 4. The summed E-state index contributed by atoms with van der Waals surface area (Å²) >= 11 is 0. The number of carbonyl (C=O) groups is 1. The first kappa shape index (κ1) is 16.0. The first-order valence-corrected chi connectivity index (χ1v) is 9.08. The van der Waals surface area contributed by atoms with Gasteiger partial charge in [0.15, 0.2) is 5.82 Å². The van der Waals surface area contributed by atoms with Crippen LogP contribution in [0.4, 0.5) is 11.4 Å². The van der Waals surface area contributed by atoms with Crippen LogP contribution in [0.15, 0.2) is 18.5 Å². The number of nitrogens with two attached hydrogens (primary N) is 1. The normalized spacial score (nSPS) is 17.1. The Morgan fingerprint density at radius 1 is 1.44 bits per heavy atom. The quantitative estimate of drug-likeness (QED) is 0.541. The third kappa shape index (κ3) is 2.66. The average molecular weight is 367 g/mol. The Balaban J connectivity index is 1.63. The standard InChI is InChI=1S/C18H21N7O2/c1-25-18(21-8-22-25)16-15-13-11(24-16)6-10(7-12(13)27-5-4-20-15)23-14(17(19)26)9-2-3-9/h6-9,14,20,23-24H,2-5H2,1H3,(H2,19,26)/t14-/m0/s1. The fourth-order valence-corrected chi connectivity index (χ4v) is 3.73. The fourth-order valence-electron chi connectivity index (χ4n) is 3.73. The van der Waals surface area contributed by atoms with Gasteiger partial charge in [-0.05, 0) is 24.8 Å². The number of hydrogen-bond donors (Lipinski definition) is 4. The van der Waals surface area contributed by atoms with Crippen molar-refractivity contribution in [2.24, 2.45) is 18.7 Å². The number of aromatic amines is 1. The van der Waals surface area contributed by atoms with Gasteiger partial charge < -0.3 is 26.1 Å². The van der Waals surface area contributed by atoms with Crippen molar-refractivity contribution in [3.63, 3.8) is 0 Å². The molecule has 5 rings (SSSR count). The molecule has 0 spiro atoms. The molecule has 1 aliphatic carbocycles. The Morgan fingerprint density at radius 2 is 2.30 bits per heavy atom. The molecular formula is C18H21N7O2. The molecule has 1 fully saturated rings. The minimum absolute atomic E-state index is 0.313. The Morgan fingerprint density at radius 3 is 3.00 bits per heavy atom. The van der Waals surface area contributed by atoms with Gasteiger partial charge in [-0.2, -0.15) is 5.10 Å². The summed E-state index contributed by atoms with van der Waals surface area (Å²) < 4.78 is 7.68. The van der Waals surface area contributed by atoms with Crippen molar-refractivity contribution in [2.75, 3.05) is 23.8 Å². The van der Waals surface area contributed by atoms with Crippen molar-refractivity contribution >= 4 is 28.2 Å². The van der Waals surface area contributed by atoms with E-state index in [2.05, 4.69) is 25.7 Å². The zero-order valence-corrected chi connectivity index (χ0v) is 15.0. The van der Waals surface area contributed by atoms with E-state index in [0.29, 0.717) is 19.1 Å². The third-order valence-electron chi connectivity index (χ3n) is 5.18. The van der Waals surface area contributed by atoms with Crippen LogP contribution in [0.25, 0.3) is 22.4 Å².